The number of phenolic OH excluding ortho intramolecular Hbond substituents is 1. The van der Waals surface area contributed by atoms with Gasteiger partial charge in [-0.25, -0.2) is 0 Å². The highest BCUT2D eigenvalue weighted by Gasteiger charge is 1.91. The summed E-state index contributed by atoms with van der Waals surface area (Å²) in [5.41, 5.74) is 2.22. The summed E-state index contributed by atoms with van der Waals surface area (Å²) in [5, 5.41) is 9.29. The van der Waals surface area contributed by atoms with E-state index in [1.165, 1.54) is 5.56 Å². The SMILES string of the molecule is Oc1cccc(C=NCCc2ccccc2)c1. The zero-order valence-electron chi connectivity index (χ0n) is 9.58. The third-order valence-electron chi connectivity index (χ3n) is 2.48. The van der Waals surface area contributed by atoms with Gasteiger partial charge in [0.25, 0.3) is 0 Å². The first-order chi connectivity index (χ1) is 8.34. The molecule has 0 aliphatic heterocycles. The highest BCUT2D eigenvalue weighted by molar-refractivity contribution is 5.80. The Hall–Kier alpha value is -2.09. The van der Waals surface area contributed by atoms with Crippen molar-refractivity contribution in [1.29, 1.82) is 0 Å². The number of hydrogen-bond acceptors (Lipinski definition) is 2. The third kappa shape index (κ3) is 3.76. The van der Waals surface area contributed by atoms with E-state index in [9.17, 15) is 5.11 Å². The van der Waals surface area contributed by atoms with Crippen molar-refractivity contribution in [2.45, 2.75) is 6.42 Å². The van der Waals surface area contributed by atoms with Gasteiger partial charge in [-0.1, -0.05) is 42.5 Å². The van der Waals surface area contributed by atoms with Gasteiger partial charge in [-0.2, -0.15) is 0 Å². The molecule has 0 aromatic heterocycles. The molecule has 0 amide bonds. The van der Waals surface area contributed by atoms with E-state index in [4.69, 9.17) is 0 Å². The molecule has 1 N–H and O–H groups in total. The molecule has 0 aliphatic rings. The molecule has 0 fully saturated rings. The van der Waals surface area contributed by atoms with E-state index in [1.54, 1.807) is 18.3 Å². The van der Waals surface area contributed by atoms with Gasteiger partial charge in [0.05, 0.1) is 0 Å². The lowest BCUT2D eigenvalue weighted by Gasteiger charge is -1.97. The molecule has 2 nitrogen and oxygen atoms in total. The molecule has 86 valence electrons. The van der Waals surface area contributed by atoms with Crippen molar-refractivity contribution < 1.29 is 5.11 Å². The van der Waals surface area contributed by atoms with E-state index in [2.05, 4.69) is 17.1 Å². The van der Waals surface area contributed by atoms with Gasteiger partial charge in [0.15, 0.2) is 0 Å². The van der Waals surface area contributed by atoms with Crippen LogP contribution in [0.1, 0.15) is 11.1 Å². The zero-order chi connectivity index (χ0) is 11.9. The van der Waals surface area contributed by atoms with E-state index in [1.807, 2.05) is 30.3 Å². The second-order valence-corrected chi connectivity index (χ2v) is 3.87. The molecule has 2 heteroatoms. The van der Waals surface area contributed by atoms with Crippen LogP contribution in [0.15, 0.2) is 59.6 Å². The molecule has 2 aromatic carbocycles. The minimum Gasteiger partial charge on any atom is -0.508 e. The predicted octanol–water partition coefficient (Wildman–Crippen LogP) is 3.05. The Labute approximate surface area is 101 Å². The first-order valence-corrected chi connectivity index (χ1v) is 5.67. The summed E-state index contributed by atoms with van der Waals surface area (Å²) < 4.78 is 0. The molecule has 2 rings (SSSR count). The first kappa shape index (κ1) is 11.4. The maximum absolute atomic E-state index is 9.29. The number of nitrogens with zero attached hydrogens (tertiary/aromatic N) is 1. The van der Waals surface area contributed by atoms with E-state index in [-0.39, 0.29) is 5.75 Å². The average Bonchev–Trinajstić information content (AvgIpc) is 2.36. The number of phenols is 1. The van der Waals surface area contributed by atoms with Gasteiger partial charge in [-0.3, -0.25) is 4.99 Å². The molecule has 2 aromatic rings. The van der Waals surface area contributed by atoms with Crippen molar-refractivity contribution in [3.63, 3.8) is 0 Å². The molecule has 0 spiro atoms. The molecular weight excluding hydrogens is 210 g/mol. The maximum Gasteiger partial charge on any atom is 0.116 e. The van der Waals surface area contributed by atoms with Crippen molar-refractivity contribution in [1.82, 2.24) is 0 Å². The lowest BCUT2D eigenvalue weighted by atomic mass is 10.1. The second kappa shape index (κ2) is 5.85. The quantitative estimate of drug-likeness (QED) is 0.797. The molecule has 0 saturated heterocycles. The topological polar surface area (TPSA) is 32.6 Å². The van der Waals surface area contributed by atoms with Crippen molar-refractivity contribution >= 4 is 6.21 Å². The van der Waals surface area contributed by atoms with Crippen LogP contribution in [0.25, 0.3) is 0 Å². The lowest BCUT2D eigenvalue weighted by Crippen LogP contribution is -1.90. The number of rotatable bonds is 4. The fourth-order valence-corrected chi connectivity index (χ4v) is 1.61. The van der Waals surface area contributed by atoms with Crippen LogP contribution in [0.3, 0.4) is 0 Å². The van der Waals surface area contributed by atoms with E-state index >= 15 is 0 Å². The largest absolute Gasteiger partial charge is 0.508 e. The van der Waals surface area contributed by atoms with Crippen LogP contribution < -0.4 is 0 Å². The highest BCUT2D eigenvalue weighted by Crippen LogP contribution is 2.08. The van der Waals surface area contributed by atoms with Crippen molar-refractivity contribution in [2.75, 3.05) is 6.54 Å². The molecule has 0 atom stereocenters. The van der Waals surface area contributed by atoms with Crippen LogP contribution in [0.4, 0.5) is 0 Å². The zero-order valence-corrected chi connectivity index (χ0v) is 9.58. The fourth-order valence-electron chi connectivity index (χ4n) is 1.61. The van der Waals surface area contributed by atoms with Crippen molar-refractivity contribution in [3.8, 4) is 5.75 Å². The summed E-state index contributed by atoms with van der Waals surface area (Å²) in [6.45, 7) is 0.764. The molecule has 0 bridgehead atoms. The Bertz CT molecular complexity index is 491. The van der Waals surface area contributed by atoms with E-state index in [0.29, 0.717) is 0 Å². The van der Waals surface area contributed by atoms with Gasteiger partial charge >= 0.3 is 0 Å². The highest BCUT2D eigenvalue weighted by atomic mass is 16.3. The normalized spacial score (nSPS) is 10.8. The van der Waals surface area contributed by atoms with Crippen LogP contribution in [0.5, 0.6) is 5.75 Å². The number of aliphatic imine (C=N–C) groups is 1. The van der Waals surface area contributed by atoms with Crippen LogP contribution in [-0.4, -0.2) is 17.9 Å². The summed E-state index contributed by atoms with van der Waals surface area (Å²) in [6, 6.07) is 17.4. The summed E-state index contributed by atoms with van der Waals surface area (Å²) in [7, 11) is 0. The van der Waals surface area contributed by atoms with Crippen molar-refractivity contribution in [3.05, 3.63) is 65.7 Å². The third-order valence-corrected chi connectivity index (χ3v) is 2.48. The Morgan fingerprint density at radius 3 is 2.59 bits per heavy atom. The Morgan fingerprint density at radius 2 is 1.82 bits per heavy atom. The smallest absolute Gasteiger partial charge is 0.116 e. The summed E-state index contributed by atoms with van der Waals surface area (Å²) in [5.74, 6) is 0.275. The van der Waals surface area contributed by atoms with Gasteiger partial charge in [-0.05, 0) is 29.7 Å². The first-order valence-electron chi connectivity index (χ1n) is 5.67. The number of benzene rings is 2. The van der Waals surface area contributed by atoms with Crippen LogP contribution in [0, 0.1) is 0 Å². The van der Waals surface area contributed by atoms with Crippen LogP contribution in [-0.2, 0) is 6.42 Å². The van der Waals surface area contributed by atoms with Gasteiger partial charge < -0.3 is 5.11 Å². The van der Waals surface area contributed by atoms with Crippen LogP contribution in [0.2, 0.25) is 0 Å². The molecule has 17 heavy (non-hydrogen) atoms. The average molecular weight is 225 g/mol. The molecular formula is C15H15NO. The molecule has 0 unspecified atom stereocenters. The van der Waals surface area contributed by atoms with Gasteiger partial charge in [0, 0.05) is 12.8 Å². The monoisotopic (exact) mass is 225 g/mol. The number of hydrogen-bond donors (Lipinski definition) is 1. The summed E-state index contributed by atoms with van der Waals surface area (Å²) in [4.78, 5) is 4.34. The fraction of sp³-hybridized carbons (Fsp3) is 0.133. The van der Waals surface area contributed by atoms with Crippen molar-refractivity contribution in [2.24, 2.45) is 4.99 Å². The van der Waals surface area contributed by atoms with Gasteiger partial charge in [0.1, 0.15) is 5.75 Å². The second-order valence-electron chi connectivity index (χ2n) is 3.87. The Morgan fingerprint density at radius 1 is 1.00 bits per heavy atom. The van der Waals surface area contributed by atoms with Gasteiger partial charge in [0.2, 0.25) is 0 Å². The van der Waals surface area contributed by atoms with E-state index < -0.39 is 0 Å². The molecule has 0 saturated carbocycles. The summed E-state index contributed by atoms with van der Waals surface area (Å²) >= 11 is 0. The standard InChI is InChI=1S/C15H15NO/c17-15-8-4-7-14(11-15)12-16-10-9-13-5-2-1-3-6-13/h1-8,11-12,17H,9-10H2. The Balaban J connectivity index is 1.86. The van der Waals surface area contributed by atoms with Crippen LogP contribution >= 0.6 is 0 Å². The maximum atomic E-state index is 9.29. The molecule has 0 radical (unpaired) electrons. The molecule has 0 aliphatic carbocycles. The van der Waals surface area contributed by atoms with Gasteiger partial charge in [-0.15, -0.1) is 0 Å². The predicted molar refractivity (Wildman–Crippen MR) is 70.7 cm³/mol. The Kier molecular flexibility index (Phi) is 3.92. The van der Waals surface area contributed by atoms with E-state index in [0.717, 1.165) is 18.5 Å². The minimum absolute atomic E-state index is 0.275. The molecule has 0 heterocycles. The minimum atomic E-state index is 0.275. The summed E-state index contributed by atoms with van der Waals surface area (Å²) in [6.07, 6.45) is 2.73. The lowest BCUT2D eigenvalue weighted by molar-refractivity contribution is 0.475. The number of aromatic hydroxyl groups is 1.